The Labute approximate surface area is 172 Å². The highest BCUT2D eigenvalue weighted by Gasteiger charge is 2.37. The maximum absolute atomic E-state index is 13.1. The number of halogens is 3. The molecule has 0 bridgehead atoms. The second-order valence-corrected chi connectivity index (χ2v) is 7.27. The Kier molecular flexibility index (Phi) is 6.71. The first-order valence-corrected chi connectivity index (χ1v) is 9.57. The molecule has 0 aliphatic heterocycles. The molecular weight excluding hydrogens is 401 g/mol. The minimum Gasteiger partial charge on any atom is -0.382 e. The number of aromatic nitrogens is 4. The van der Waals surface area contributed by atoms with E-state index >= 15 is 0 Å². The van der Waals surface area contributed by atoms with Gasteiger partial charge in [-0.25, -0.2) is 4.98 Å². The molecule has 11 heteroatoms. The SMILES string of the molecule is COCC(COC)N(c1nc(N)nc(-c2cccc(C(F)(F)F)n2)n1)[C@H](C)C1CC1. The van der Waals surface area contributed by atoms with Gasteiger partial charge in [0.05, 0.1) is 19.3 Å². The van der Waals surface area contributed by atoms with Crippen LogP contribution in [0.25, 0.3) is 11.5 Å². The quantitative estimate of drug-likeness (QED) is 0.654. The summed E-state index contributed by atoms with van der Waals surface area (Å²) in [5.74, 6) is 0.588. The van der Waals surface area contributed by atoms with Crippen molar-refractivity contribution in [2.75, 3.05) is 38.1 Å². The number of rotatable bonds is 9. The summed E-state index contributed by atoms with van der Waals surface area (Å²) >= 11 is 0. The van der Waals surface area contributed by atoms with Gasteiger partial charge in [-0.1, -0.05) is 6.07 Å². The molecule has 0 spiro atoms. The number of alkyl halides is 3. The van der Waals surface area contributed by atoms with E-state index in [2.05, 4.69) is 26.9 Å². The van der Waals surface area contributed by atoms with Crippen LogP contribution in [0.3, 0.4) is 0 Å². The first kappa shape index (κ1) is 22.2. The van der Waals surface area contributed by atoms with E-state index < -0.39 is 11.9 Å². The molecule has 1 saturated carbocycles. The molecule has 2 aromatic rings. The molecule has 2 N–H and O–H groups in total. The highest BCUT2D eigenvalue weighted by atomic mass is 19.4. The van der Waals surface area contributed by atoms with Crippen molar-refractivity contribution in [2.24, 2.45) is 5.92 Å². The normalized spacial score (nSPS) is 15.4. The van der Waals surface area contributed by atoms with E-state index in [4.69, 9.17) is 15.2 Å². The van der Waals surface area contributed by atoms with E-state index in [0.717, 1.165) is 18.9 Å². The summed E-state index contributed by atoms with van der Waals surface area (Å²) in [4.78, 5) is 18.3. The number of pyridine rings is 1. The van der Waals surface area contributed by atoms with Gasteiger partial charge in [-0.2, -0.15) is 28.1 Å². The summed E-state index contributed by atoms with van der Waals surface area (Å²) in [6.45, 7) is 2.76. The van der Waals surface area contributed by atoms with Crippen molar-refractivity contribution >= 4 is 11.9 Å². The van der Waals surface area contributed by atoms with Crippen LogP contribution in [0.4, 0.5) is 25.1 Å². The first-order valence-electron chi connectivity index (χ1n) is 9.57. The van der Waals surface area contributed by atoms with Gasteiger partial charge in [0.25, 0.3) is 0 Å². The number of nitrogens with two attached hydrogens (primary N) is 1. The lowest BCUT2D eigenvalue weighted by Gasteiger charge is -2.36. The minimum absolute atomic E-state index is 0.0230. The van der Waals surface area contributed by atoms with Crippen LogP contribution in [0.1, 0.15) is 25.5 Å². The van der Waals surface area contributed by atoms with Crippen LogP contribution in [0, 0.1) is 5.92 Å². The molecule has 3 rings (SSSR count). The zero-order valence-corrected chi connectivity index (χ0v) is 17.1. The first-order chi connectivity index (χ1) is 14.2. The number of methoxy groups -OCH3 is 2. The summed E-state index contributed by atoms with van der Waals surface area (Å²) < 4.78 is 49.9. The van der Waals surface area contributed by atoms with E-state index in [1.54, 1.807) is 14.2 Å². The summed E-state index contributed by atoms with van der Waals surface area (Å²) in [5.41, 5.74) is 4.84. The molecule has 1 atom stereocenters. The highest BCUT2D eigenvalue weighted by molar-refractivity contribution is 5.54. The van der Waals surface area contributed by atoms with Crippen LogP contribution in [0.2, 0.25) is 0 Å². The third kappa shape index (κ3) is 5.14. The van der Waals surface area contributed by atoms with Crippen molar-refractivity contribution in [3.8, 4) is 11.5 Å². The molecule has 1 aliphatic carbocycles. The van der Waals surface area contributed by atoms with Gasteiger partial charge in [0.1, 0.15) is 11.4 Å². The predicted octanol–water partition coefficient (Wildman–Crippen LogP) is 2.80. The van der Waals surface area contributed by atoms with Gasteiger partial charge in [0.15, 0.2) is 5.82 Å². The Morgan fingerprint density at radius 3 is 2.33 bits per heavy atom. The lowest BCUT2D eigenvalue weighted by Crippen LogP contribution is -2.49. The number of anilines is 2. The van der Waals surface area contributed by atoms with Crippen molar-refractivity contribution in [3.05, 3.63) is 23.9 Å². The fraction of sp³-hybridized carbons (Fsp3) is 0.579. The third-order valence-electron chi connectivity index (χ3n) is 4.99. The van der Waals surface area contributed by atoms with E-state index in [9.17, 15) is 13.2 Å². The largest absolute Gasteiger partial charge is 0.433 e. The Morgan fingerprint density at radius 2 is 1.77 bits per heavy atom. The molecule has 0 radical (unpaired) electrons. The molecule has 164 valence electrons. The fourth-order valence-corrected chi connectivity index (χ4v) is 3.41. The van der Waals surface area contributed by atoms with Crippen molar-refractivity contribution in [3.63, 3.8) is 0 Å². The summed E-state index contributed by atoms with van der Waals surface area (Å²) in [5, 5.41) is 0. The third-order valence-corrected chi connectivity index (χ3v) is 4.99. The van der Waals surface area contributed by atoms with Crippen LogP contribution >= 0.6 is 0 Å². The molecule has 0 saturated heterocycles. The van der Waals surface area contributed by atoms with Crippen molar-refractivity contribution < 1.29 is 22.6 Å². The number of nitrogens with zero attached hydrogens (tertiary/aromatic N) is 5. The minimum atomic E-state index is -4.58. The Balaban J connectivity index is 2.04. The number of hydrogen-bond acceptors (Lipinski definition) is 8. The molecule has 1 fully saturated rings. The van der Waals surface area contributed by atoms with Gasteiger partial charge in [-0.15, -0.1) is 0 Å². The molecule has 0 amide bonds. The molecule has 0 aromatic carbocycles. The van der Waals surface area contributed by atoms with E-state index in [-0.39, 0.29) is 35.5 Å². The molecule has 2 heterocycles. The molecule has 1 aliphatic rings. The molecule has 30 heavy (non-hydrogen) atoms. The Hall–Kier alpha value is -2.53. The van der Waals surface area contributed by atoms with Gasteiger partial charge in [-0.3, -0.25) is 0 Å². The van der Waals surface area contributed by atoms with Crippen LogP contribution in [0.5, 0.6) is 0 Å². The second-order valence-electron chi connectivity index (χ2n) is 7.27. The maximum atomic E-state index is 13.1. The second kappa shape index (κ2) is 9.09. The summed E-state index contributed by atoms with van der Waals surface area (Å²) in [6, 6.07) is 3.41. The molecule has 0 unspecified atom stereocenters. The fourth-order valence-electron chi connectivity index (χ4n) is 3.41. The van der Waals surface area contributed by atoms with Crippen LogP contribution in [0.15, 0.2) is 18.2 Å². The monoisotopic (exact) mass is 426 g/mol. The summed E-state index contributed by atoms with van der Waals surface area (Å²) in [6.07, 6.45) is -2.42. The lowest BCUT2D eigenvalue weighted by molar-refractivity contribution is -0.141. The van der Waals surface area contributed by atoms with E-state index in [0.29, 0.717) is 19.1 Å². The van der Waals surface area contributed by atoms with Gasteiger partial charge >= 0.3 is 6.18 Å². The van der Waals surface area contributed by atoms with Crippen molar-refractivity contribution in [2.45, 2.75) is 38.0 Å². The van der Waals surface area contributed by atoms with Crippen LogP contribution < -0.4 is 10.6 Å². The average molecular weight is 426 g/mol. The zero-order chi connectivity index (χ0) is 21.9. The summed E-state index contributed by atoms with van der Waals surface area (Å²) in [7, 11) is 3.17. The van der Waals surface area contributed by atoms with Gasteiger partial charge in [0.2, 0.25) is 11.9 Å². The molecule has 8 nitrogen and oxygen atoms in total. The van der Waals surface area contributed by atoms with E-state index in [1.165, 1.54) is 12.1 Å². The zero-order valence-electron chi connectivity index (χ0n) is 17.1. The van der Waals surface area contributed by atoms with Gasteiger partial charge in [0, 0.05) is 20.3 Å². The molecule has 2 aromatic heterocycles. The topological polar surface area (TPSA) is 99.3 Å². The Bertz CT molecular complexity index is 856. The lowest BCUT2D eigenvalue weighted by atomic mass is 10.1. The van der Waals surface area contributed by atoms with Crippen molar-refractivity contribution in [1.29, 1.82) is 0 Å². The standard InChI is InChI=1S/C19H25F3N6O2/c1-11(12-7-8-12)28(13(9-29-2)10-30-3)18-26-16(25-17(23)27-18)14-5-4-6-15(24-14)19(20,21)22/h4-6,11-13H,7-10H2,1-3H3,(H2,23,25,26,27)/t11-/m1/s1. The number of ether oxygens (including phenoxy) is 2. The van der Waals surface area contributed by atoms with Crippen molar-refractivity contribution in [1.82, 2.24) is 19.9 Å². The maximum Gasteiger partial charge on any atom is 0.433 e. The van der Waals surface area contributed by atoms with Gasteiger partial charge < -0.3 is 20.1 Å². The predicted molar refractivity (Wildman–Crippen MR) is 105 cm³/mol. The van der Waals surface area contributed by atoms with Gasteiger partial charge in [-0.05, 0) is 37.8 Å². The number of nitrogen functional groups attached to an aromatic ring is 1. The average Bonchev–Trinajstić information content (AvgIpc) is 3.53. The number of hydrogen-bond donors (Lipinski definition) is 1. The highest BCUT2D eigenvalue weighted by Crippen LogP contribution is 2.37. The van der Waals surface area contributed by atoms with Crippen LogP contribution in [-0.2, 0) is 15.7 Å². The van der Waals surface area contributed by atoms with Crippen LogP contribution in [-0.4, -0.2) is 59.5 Å². The Morgan fingerprint density at radius 1 is 1.10 bits per heavy atom. The smallest absolute Gasteiger partial charge is 0.382 e. The van der Waals surface area contributed by atoms with E-state index in [1.807, 2.05) is 4.90 Å². The molecular formula is C19H25F3N6O2.